The smallest absolute Gasteiger partial charge is 0.221 e. The Bertz CT molecular complexity index is 761. The molecule has 5 nitrogen and oxygen atoms in total. The number of nitrogens with one attached hydrogen (secondary N) is 1. The first-order chi connectivity index (χ1) is 10.3. The molecule has 2 rings (SSSR count). The largest absolute Gasteiger partial charge is 0.508 e. The third-order valence-corrected chi connectivity index (χ3v) is 3.47. The molecule has 0 heterocycles. The van der Waals surface area contributed by atoms with E-state index in [1.165, 1.54) is 25.1 Å². The summed E-state index contributed by atoms with van der Waals surface area (Å²) in [5, 5.41) is 12.2. The molecule has 0 fully saturated rings. The molecular formula is C16H15ClN2O3. The Labute approximate surface area is 133 Å². The number of phenols is 1. The number of hydrogen-bond donors (Lipinski definition) is 2. The van der Waals surface area contributed by atoms with Crippen LogP contribution in [0.5, 0.6) is 5.75 Å². The molecule has 0 unspecified atom stereocenters. The van der Waals surface area contributed by atoms with Crippen molar-refractivity contribution >= 4 is 34.7 Å². The van der Waals surface area contributed by atoms with Gasteiger partial charge >= 0.3 is 0 Å². The predicted octanol–water partition coefficient (Wildman–Crippen LogP) is 3.06. The van der Waals surface area contributed by atoms with Crippen LogP contribution in [0.3, 0.4) is 0 Å². The van der Waals surface area contributed by atoms with Crippen LogP contribution in [-0.4, -0.2) is 22.5 Å². The van der Waals surface area contributed by atoms with E-state index in [2.05, 4.69) is 10.3 Å². The molecule has 1 amide bonds. The van der Waals surface area contributed by atoms with Gasteiger partial charge in [-0.25, -0.2) is 4.99 Å². The second-order valence-corrected chi connectivity index (χ2v) is 5.38. The van der Waals surface area contributed by atoms with Crippen molar-refractivity contribution in [2.24, 2.45) is 4.99 Å². The van der Waals surface area contributed by atoms with Gasteiger partial charge in [-0.2, -0.15) is 0 Å². The molecular weight excluding hydrogens is 304 g/mol. The van der Waals surface area contributed by atoms with Gasteiger partial charge in [0.1, 0.15) is 5.75 Å². The first-order valence-electron chi connectivity index (χ1n) is 6.58. The molecule has 0 aromatic heterocycles. The van der Waals surface area contributed by atoms with Crippen LogP contribution in [0, 0.1) is 0 Å². The maximum absolute atomic E-state index is 12.0. The lowest BCUT2D eigenvalue weighted by atomic mass is 9.94. The fourth-order valence-electron chi connectivity index (χ4n) is 2.15. The van der Waals surface area contributed by atoms with Crippen molar-refractivity contribution in [3.8, 4) is 5.75 Å². The number of aliphatic imine (C=N–C) groups is 1. The summed E-state index contributed by atoms with van der Waals surface area (Å²) in [4.78, 5) is 27.7. The first kappa shape index (κ1) is 16.0. The minimum absolute atomic E-state index is 0.0474. The lowest BCUT2D eigenvalue weighted by Crippen LogP contribution is -2.30. The number of benzene rings is 1. The Hall–Kier alpha value is -2.40. The van der Waals surface area contributed by atoms with E-state index < -0.39 is 0 Å². The summed E-state index contributed by atoms with van der Waals surface area (Å²) in [6, 6.07) is 4.45. The van der Waals surface area contributed by atoms with E-state index in [1.807, 2.05) is 0 Å². The van der Waals surface area contributed by atoms with Gasteiger partial charge in [-0.05, 0) is 37.6 Å². The van der Waals surface area contributed by atoms with Crippen molar-refractivity contribution in [2.75, 3.05) is 0 Å². The van der Waals surface area contributed by atoms with Gasteiger partial charge in [0.15, 0.2) is 0 Å². The molecule has 0 saturated heterocycles. The number of halogens is 1. The van der Waals surface area contributed by atoms with Gasteiger partial charge in [-0.15, -0.1) is 0 Å². The van der Waals surface area contributed by atoms with E-state index in [0.29, 0.717) is 27.6 Å². The summed E-state index contributed by atoms with van der Waals surface area (Å²) in [5.41, 5.74) is 2.51. The van der Waals surface area contributed by atoms with E-state index >= 15 is 0 Å². The van der Waals surface area contributed by atoms with Gasteiger partial charge in [-0.3, -0.25) is 9.59 Å². The first-order valence-corrected chi connectivity index (χ1v) is 6.96. The van der Waals surface area contributed by atoms with Crippen molar-refractivity contribution in [1.29, 1.82) is 0 Å². The summed E-state index contributed by atoms with van der Waals surface area (Å²) in [5.74, 6) is -0.537. The number of aromatic hydroxyl groups is 1. The monoisotopic (exact) mass is 318 g/mol. The van der Waals surface area contributed by atoms with Crippen LogP contribution in [-0.2, 0) is 9.59 Å². The second kappa shape index (κ2) is 6.15. The number of phenolic OH excluding ortho intramolecular Hbond substituents is 1. The molecule has 1 aromatic rings. The average molecular weight is 319 g/mol. The van der Waals surface area contributed by atoms with Gasteiger partial charge < -0.3 is 10.4 Å². The van der Waals surface area contributed by atoms with Gasteiger partial charge in [0, 0.05) is 18.6 Å². The second-order valence-electron chi connectivity index (χ2n) is 4.97. The zero-order chi connectivity index (χ0) is 16.4. The van der Waals surface area contributed by atoms with Gasteiger partial charge in [-0.1, -0.05) is 11.6 Å². The zero-order valence-corrected chi connectivity index (χ0v) is 13.2. The minimum atomic E-state index is -0.322. The third kappa shape index (κ3) is 3.26. The minimum Gasteiger partial charge on any atom is -0.508 e. The molecule has 0 spiro atoms. The van der Waals surface area contributed by atoms with Crippen LogP contribution in [0.1, 0.15) is 20.8 Å². The Kier molecular flexibility index (Phi) is 4.47. The molecule has 0 atom stereocenters. The maximum atomic E-state index is 12.0. The van der Waals surface area contributed by atoms with Crippen LogP contribution in [0.2, 0.25) is 5.02 Å². The number of rotatable bonds is 2. The zero-order valence-electron chi connectivity index (χ0n) is 12.4. The molecule has 22 heavy (non-hydrogen) atoms. The highest BCUT2D eigenvalue weighted by Gasteiger charge is 2.23. The summed E-state index contributed by atoms with van der Waals surface area (Å²) in [6.07, 6.45) is 1.42. The number of amides is 1. The number of carbonyl (C=O) groups is 2. The van der Waals surface area contributed by atoms with Crippen LogP contribution >= 0.6 is 11.6 Å². The highest BCUT2D eigenvalue weighted by Crippen LogP contribution is 2.31. The summed E-state index contributed by atoms with van der Waals surface area (Å²) < 4.78 is 0. The SMILES string of the molecule is CC(=O)NC1=C(C)C(=Nc2ccc(O)cc2Cl)C(C)=CC1=O. The highest BCUT2D eigenvalue weighted by atomic mass is 35.5. The van der Waals surface area contributed by atoms with Crippen molar-refractivity contribution in [3.63, 3.8) is 0 Å². The number of allylic oxidation sites excluding steroid dienone is 3. The summed E-state index contributed by atoms with van der Waals surface area (Å²) >= 11 is 6.05. The number of carbonyl (C=O) groups excluding carboxylic acids is 2. The summed E-state index contributed by atoms with van der Waals surface area (Å²) in [6.45, 7) is 4.82. The van der Waals surface area contributed by atoms with Crippen molar-refractivity contribution in [2.45, 2.75) is 20.8 Å². The fraction of sp³-hybridized carbons (Fsp3) is 0.188. The molecule has 1 aliphatic rings. The molecule has 114 valence electrons. The quantitative estimate of drug-likeness (QED) is 0.823. The maximum Gasteiger partial charge on any atom is 0.221 e. The van der Waals surface area contributed by atoms with Gasteiger partial charge in [0.2, 0.25) is 11.7 Å². The van der Waals surface area contributed by atoms with Crippen LogP contribution in [0.15, 0.2) is 46.1 Å². The lowest BCUT2D eigenvalue weighted by molar-refractivity contribution is -0.120. The molecule has 0 radical (unpaired) electrons. The van der Waals surface area contributed by atoms with Crippen molar-refractivity contribution in [3.05, 3.63) is 46.1 Å². The Morgan fingerprint density at radius 1 is 1.32 bits per heavy atom. The van der Waals surface area contributed by atoms with Crippen LogP contribution < -0.4 is 5.32 Å². The molecule has 0 aliphatic heterocycles. The van der Waals surface area contributed by atoms with Crippen LogP contribution in [0.4, 0.5) is 5.69 Å². The van der Waals surface area contributed by atoms with E-state index in [-0.39, 0.29) is 23.1 Å². The molecule has 0 saturated carbocycles. The van der Waals surface area contributed by atoms with E-state index in [9.17, 15) is 14.7 Å². The third-order valence-electron chi connectivity index (χ3n) is 3.16. The van der Waals surface area contributed by atoms with E-state index in [4.69, 9.17) is 11.6 Å². The van der Waals surface area contributed by atoms with E-state index in [1.54, 1.807) is 19.9 Å². The normalized spacial score (nSPS) is 16.8. The molecule has 6 heteroatoms. The molecule has 1 aliphatic carbocycles. The van der Waals surface area contributed by atoms with E-state index in [0.717, 1.165) is 0 Å². The molecule has 0 bridgehead atoms. The average Bonchev–Trinajstić information content (AvgIpc) is 2.41. The Morgan fingerprint density at radius 2 is 2.00 bits per heavy atom. The van der Waals surface area contributed by atoms with Crippen molar-refractivity contribution < 1.29 is 14.7 Å². The topological polar surface area (TPSA) is 78.8 Å². The molecule has 2 N–H and O–H groups in total. The summed E-state index contributed by atoms with van der Waals surface area (Å²) in [7, 11) is 0. The Morgan fingerprint density at radius 3 is 2.59 bits per heavy atom. The number of hydrogen-bond acceptors (Lipinski definition) is 4. The fourth-order valence-corrected chi connectivity index (χ4v) is 2.36. The van der Waals surface area contributed by atoms with Crippen molar-refractivity contribution in [1.82, 2.24) is 5.32 Å². The standard InChI is InChI=1S/C16H15ClN2O3/c1-8-6-14(22)16(18-10(3)20)9(2)15(8)19-13-5-4-11(21)7-12(13)17/h4-7,21H,1-3H3,(H,18,20). The van der Waals surface area contributed by atoms with Crippen LogP contribution in [0.25, 0.3) is 0 Å². The Balaban J connectivity index is 2.54. The molecule has 1 aromatic carbocycles. The van der Waals surface area contributed by atoms with Gasteiger partial charge in [0.25, 0.3) is 0 Å². The highest BCUT2D eigenvalue weighted by molar-refractivity contribution is 6.33. The predicted molar refractivity (Wildman–Crippen MR) is 85.5 cm³/mol. The number of nitrogens with zero attached hydrogens (tertiary/aromatic N) is 1. The lowest BCUT2D eigenvalue weighted by Gasteiger charge is -2.18. The van der Waals surface area contributed by atoms with Gasteiger partial charge in [0.05, 0.1) is 22.1 Å². The number of ketones is 1.